The van der Waals surface area contributed by atoms with E-state index in [9.17, 15) is 9.59 Å². The number of amides is 2. The van der Waals surface area contributed by atoms with Crippen molar-refractivity contribution in [1.82, 2.24) is 15.2 Å². The molecule has 0 aliphatic carbocycles. The van der Waals surface area contributed by atoms with Gasteiger partial charge in [0.2, 0.25) is 5.91 Å². The van der Waals surface area contributed by atoms with Crippen LogP contribution in [-0.2, 0) is 4.79 Å². The molecule has 2 amide bonds. The predicted octanol–water partition coefficient (Wildman–Crippen LogP) is 2.59. The Morgan fingerprint density at radius 2 is 1.88 bits per heavy atom. The summed E-state index contributed by atoms with van der Waals surface area (Å²) in [6, 6.07) is 8.09. The van der Waals surface area contributed by atoms with Crippen molar-refractivity contribution < 1.29 is 9.59 Å². The van der Waals surface area contributed by atoms with Crippen LogP contribution in [0.3, 0.4) is 0 Å². The molecule has 5 nitrogen and oxygen atoms in total. The molecule has 0 unspecified atom stereocenters. The molecule has 2 aromatic rings. The van der Waals surface area contributed by atoms with Crippen LogP contribution in [0.5, 0.6) is 0 Å². The molecule has 1 aliphatic heterocycles. The number of pyridine rings is 1. The number of nitrogens with zero attached hydrogens (tertiary/aromatic N) is 2. The molecule has 1 aliphatic rings. The zero-order valence-electron chi connectivity index (χ0n) is 14.4. The van der Waals surface area contributed by atoms with E-state index in [4.69, 9.17) is 0 Å². The van der Waals surface area contributed by atoms with Gasteiger partial charge in [0.15, 0.2) is 0 Å². The molecule has 0 bridgehead atoms. The van der Waals surface area contributed by atoms with Gasteiger partial charge in [-0.25, -0.2) is 0 Å². The lowest BCUT2D eigenvalue weighted by atomic mass is 10.0. The maximum absolute atomic E-state index is 12.6. The van der Waals surface area contributed by atoms with Crippen molar-refractivity contribution in [2.24, 2.45) is 0 Å². The van der Waals surface area contributed by atoms with Crippen molar-refractivity contribution in [3.8, 4) is 0 Å². The zero-order chi connectivity index (χ0) is 17.3. The number of carbonyl (C=O) groups is 2. The summed E-state index contributed by atoms with van der Waals surface area (Å²) in [7, 11) is 0. The van der Waals surface area contributed by atoms with E-state index in [-0.39, 0.29) is 17.9 Å². The van der Waals surface area contributed by atoms with Gasteiger partial charge in [0.05, 0.1) is 16.8 Å². The lowest BCUT2D eigenvalue weighted by molar-refractivity contribution is -0.129. The lowest BCUT2D eigenvalue weighted by Crippen LogP contribution is -2.46. The summed E-state index contributed by atoms with van der Waals surface area (Å²) >= 11 is 0. The van der Waals surface area contributed by atoms with Gasteiger partial charge in [-0.1, -0.05) is 11.6 Å². The first kappa shape index (κ1) is 16.4. The first-order valence-electron chi connectivity index (χ1n) is 8.38. The number of benzene rings is 1. The molecule has 126 valence electrons. The molecule has 1 aromatic heterocycles. The second-order valence-corrected chi connectivity index (χ2v) is 6.57. The summed E-state index contributed by atoms with van der Waals surface area (Å²) in [5.74, 6) is 0.0226. The minimum atomic E-state index is -0.0790. The number of hydrogen-bond acceptors (Lipinski definition) is 3. The summed E-state index contributed by atoms with van der Waals surface area (Å²) in [5, 5.41) is 4.08. The Morgan fingerprint density at radius 1 is 1.17 bits per heavy atom. The number of hydrogen-bond donors (Lipinski definition) is 1. The Bertz CT molecular complexity index is 793. The first-order valence-corrected chi connectivity index (χ1v) is 8.38. The fourth-order valence-electron chi connectivity index (χ4n) is 3.22. The lowest BCUT2D eigenvalue weighted by Gasteiger charge is -2.31. The van der Waals surface area contributed by atoms with Crippen LogP contribution >= 0.6 is 0 Å². The van der Waals surface area contributed by atoms with Gasteiger partial charge in [-0.2, -0.15) is 0 Å². The number of nitrogens with one attached hydrogen (secondary N) is 1. The number of piperidine rings is 1. The average molecular weight is 325 g/mol. The molecule has 3 rings (SSSR count). The van der Waals surface area contributed by atoms with Gasteiger partial charge in [0, 0.05) is 31.4 Å². The molecule has 1 aromatic carbocycles. The highest BCUT2D eigenvalue weighted by molar-refractivity contribution is 5.98. The first-order chi connectivity index (χ1) is 11.4. The molecule has 0 radical (unpaired) electrons. The third-order valence-corrected chi connectivity index (χ3v) is 4.68. The van der Waals surface area contributed by atoms with Crippen LogP contribution in [0.4, 0.5) is 0 Å². The molecule has 1 saturated heterocycles. The Balaban J connectivity index is 1.74. The molecular weight excluding hydrogens is 302 g/mol. The van der Waals surface area contributed by atoms with E-state index in [2.05, 4.69) is 10.3 Å². The van der Waals surface area contributed by atoms with E-state index < -0.39 is 0 Å². The molecule has 2 heterocycles. The van der Waals surface area contributed by atoms with E-state index in [1.807, 2.05) is 43.0 Å². The highest BCUT2D eigenvalue weighted by Gasteiger charge is 2.23. The SMILES string of the molecule is CC(=O)N1CCC(NC(=O)c2cc3cc(C)ccc3nc2C)CC1. The Labute approximate surface area is 142 Å². The number of aromatic nitrogens is 1. The van der Waals surface area contributed by atoms with E-state index in [1.54, 1.807) is 6.92 Å². The maximum atomic E-state index is 12.6. The normalized spacial score (nSPS) is 15.5. The van der Waals surface area contributed by atoms with E-state index in [0.717, 1.165) is 35.0 Å². The Kier molecular flexibility index (Phi) is 4.51. The zero-order valence-corrected chi connectivity index (χ0v) is 14.4. The molecule has 1 fully saturated rings. The topological polar surface area (TPSA) is 62.3 Å². The highest BCUT2D eigenvalue weighted by atomic mass is 16.2. The number of carbonyl (C=O) groups excluding carboxylic acids is 2. The Morgan fingerprint density at radius 3 is 2.54 bits per heavy atom. The second kappa shape index (κ2) is 6.59. The summed E-state index contributed by atoms with van der Waals surface area (Å²) in [6.07, 6.45) is 1.59. The minimum Gasteiger partial charge on any atom is -0.349 e. The number of rotatable bonds is 2. The molecular formula is C19H23N3O2. The van der Waals surface area contributed by atoms with Crippen LogP contribution in [-0.4, -0.2) is 40.8 Å². The van der Waals surface area contributed by atoms with Crippen molar-refractivity contribution >= 4 is 22.7 Å². The highest BCUT2D eigenvalue weighted by Crippen LogP contribution is 2.19. The molecule has 0 saturated carbocycles. The van der Waals surface area contributed by atoms with Gasteiger partial charge >= 0.3 is 0 Å². The smallest absolute Gasteiger partial charge is 0.253 e. The molecule has 1 N–H and O–H groups in total. The van der Waals surface area contributed by atoms with Gasteiger partial charge in [-0.15, -0.1) is 0 Å². The van der Waals surface area contributed by atoms with Crippen LogP contribution in [0.1, 0.15) is 41.4 Å². The molecule has 5 heteroatoms. The van der Waals surface area contributed by atoms with Crippen molar-refractivity contribution in [2.75, 3.05) is 13.1 Å². The van der Waals surface area contributed by atoms with E-state index in [0.29, 0.717) is 18.7 Å². The standard InChI is InChI=1S/C19H23N3O2/c1-12-4-5-18-15(10-12)11-17(13(2)20-18)19(24)21-16-6-8-22(9-7-16)14(3)23/h4-5,10-11,16H,6-9H2,1-3H3,(H,21,24). The Hall–Kier alpha value is -2.43. The summed E-state index contributed by atoms with van der Waals surface area (Å²) in [4.78, 5) is 30.4. The number of likely N-dealkylation sites (tertiary alicyclic amines) is 1. The largest absolute Gasteiger partial charge is 0.349 e. The average Bonchev–Trinajstić information content (AvgIpc) is 2.55. The van der Waals surface area contributed by atoms with E-state index in [1.165, 1.54) is 0 Å². The van der Waals surface area contributed by atoms with Gasteiger partial charge in [0.1, 0.15) is 0 Å². The van der Waals surface area contributed by atoms with Crippen molar-refractivity contribution in [1.29, 1.82) is 0 Å². The third kappa shape index (κ3) is 3.40. The van der Waals surface area contributed by atoms with Crippen LogP contribution < -0.4 is 5.32 Å². The fourth-order valence-corrected chi connectivity index (χ4v) is 3.22. The monoisotopic (exact) mass is 325 g/mol. The van der Waals surface area contributed by atoms with Crippen molar-refractivity contribution in [2.45, 2.75) is 39.7 Å². The van der Waals surface area contributed by atoms with Crippen LogP contribution in [0, 0.1) is 13.8 Å². The molecule has 0 spiro atoms. The van der Waals surface area contributed by atoms with Gasteiger partial charge in [-0.05, 0) is 44.9 Å². The maximum Gasteiger partial charge on any atom is 0.253 e. The van der Waals surface area contributed by atoms with Crippen LogP contribution in [0.15, 0.2) is 24.3 Å². The van der Waals surface area contributed by atoms with Crippen molar-refractivity contribution in [3.05, 3.63) is 41.1 Å². The predicted molar refractivity (Wildman–Crippen MR) is 94.0 cm³/mol. The summed E-state index contributed by atoms with van der Waals surface area (Å²) in [5.41, 5.74) is 3.42. The van der Waals surface area contributed by atoms with Crippen LogP contribution in [0.2, 0.25) is 0 Å². The number of fused-ring (bicyclic) bond motifs is 1. The van der Waals surface area contributed by atoms with Crippen LogP contribution in [0.25, 0.3) is 10.9 Å². The fraction of sp³-hybridized carbons (Fsp3) is 0.421. The minimum absolute atomic E-state index is 0.0790. The summed E-state index contributed by atoms with van der Waals surface area (Å²) in [6.45, 7) is 6.89. The quantitative estimate of drug-likeness (QED) is 0.923. The van der Waals surface area contributed by atoms with Gasteiger partial charge in [-0.3, -0.25) is 14.6 Å². The van der Waals surface area contributed by atoms with Crippen molar-refractivity contribution in [3.63, 3.8) is 0 Å². The summed E-state index contributed by atoms with van der Waals surface area (Å²) < 4.78 is 0. The third-order valence-electron chi connectivity index (χ3n) is 4.68. The van der Waals surface area contributed by atoms with Gasteiger partial charge < -0.3 is 10.2 Å². The second-order valence-electron chi connectivity index (χ2n) is 6.57. The molecule has 0 atom stereocenters. The number of aryl methyl sites for hydroxylation is 2. The van der Waals surface area contributed by atoms with Gasteiger partial charge in [0.25, 0.3) is 5.91 Å². The molecule has 24 heavy (non-hydrogen) atoms. The van der Waals surface area contributed by atoms with E-state index >= 15 is 0 Å².